The Morgan fingerprint density at radius 3 is 2.40 bits per heavy atom. The number of aromatic hydroxyl groups is 1. The lowest BCUT2D eigenvalue weighted by atomic mass is 9.94. The maximum atomic E-state index is 16.8. The van der Waals surface area contributed by atoms with E-state index in [0.29, 0.717) is 6.42 Å². The van der Waals surface area contributed by atoms with Gasteiger partial charge in [-0.1, -0.05) is 55.8 Å². The molecule has 3 aromatic rings. The molecule has 40 heavy (non-hydrogen) atoms. The average molecular weight is 555 g/mol. The Morgan fingerprint density at radius 1 is 1.00 bits per heavy atom. The lowest BCUT2D eigenvalue weighted by Gasteiger charge is -2.28. The smallest absolute Gasteiger partial charge is 0.412 e. The minimum Gasteiger partial charge on any atom is -0.508 e. The van der Waals surface area contributed by atoms with E-state index in [2.05, 4.69) is 10.6 Å². The molecular formula is C31H36F2N2O5. The van der Waals surface area contributed by atoms with E-state index >= 15 is 8.78 Å². The summed E-state index contributed by atoms with van der Waals surface area (Å²) in [6, 6.07) is 17.3. The summed E-state index contributed by atoms with van der Waals surface area (Å²) in [5, 5.41) is 15.1. The molecule has 0 aliphatic rings. The number of phenols is 1. The van der Waals surface area contributed by atoms with Gasteiger partial charge in [-0.2, -0.15) is 0 Å². The second-order valence-corrected chi connectivity index (χ2v) is 10.5. The van der Waals surface area contributed by atoms with E-state index in [9.17, 15) is 14.7 Å². The first-order valence-electron chi connectivity index (χ1n) is 13.2. The quantitative estimate of drug-likeness (QED) is 0.219. The summed E-state index contributed by atoms with van der Waals surface area (Å²) in [6.45, 7) is 7.08. The van der Waals surface area contributed by atoms with Gasteiger partial charge >= 0.3 is 6.09 Å². The number of unbranched alkanes of at least 4 members (excludes halogenated alkanes) is 1. The molecule has 0 saturated carbocycles. The van der Waals surface area contributed by atoms with Gasteiger partial charge in [0.1, 0.15) is 29.5 Å². The van der Waals surface area contributed by atoms with Crippen molar-refractivity contribution in [3.8, 4) is 11.5 Å². The van der Waals surface area contributed by atoms with E-state index < -0.39 is 35.6 Å². The van der Waals surface area contributed by atoms with Crippen molar-refractivity contribution in [3.63, 3.8) is 0 Å². The number of nitrogens with one attached hydrogen (secondary N) is 2. The molecule has 1 atom stereocenters. The number of phenolic OH excluding ortho intramolecular Hbond substituents is 1. The normalized spacial score (nSPS) is 12.8. The van der Waals surface area contributed by atoms with Crippen LogP contribution >= 0.6 is 0 Å². The van der Waals surface area contributed by atoms with Crippen molar-refractivity contribution < 1.29 is 33.0 Å². The second kappa shape index (κ2) is 13.3. The SMILES string of the molecule is CCCCC(=O)NC(F)(Cc1cccc(NC(=O)OC(C)(C)C)c1F)c1cc(O)cc(OCc2ccccc2)c1. The van der Waals surface area contributed by atoms with E-state index in [1.165, 1.54) is 30.3 Å². The minimum atomic E-state index is -2.61. The van der Waals surface area contributed by atoms with Gasteiger partial charge in [-0.05, 0) is 56.5 Å². The van der Waals surface area contributed by atoms with E-state index in [0.717, 1.165) is 18.1 Å². The molecule has 0 spiro atoms. The predicted molar refractivity (Wildman–Crippen MR) is 149 cm³/mol. The number of amides is 2. The highest BCUT2D eigenvalue weighted by Crippen LogP contribution is 2.35. The second-order valence-electron chi connectivity index (χ2n) is 10.5. The first kappa shape index (κ1) is 30.4. The third kappa shape index (κ3) is 8.97. The van der Waals surface area contributed by atoms with Crippen molar-refractivity contribution in [1.82, 2.24) is 5.32 Å². The first-order valence-corrected chi connectivity index (χ1v) is 13.2. The Kier molecular flexibility index (Phi) is 10.1. The molecule has 3 rings (SSSR count). The van der Waals surface area contributed by atoms with Gasteiger partial charge in [-0.25, -0.2) is 13.6 Å². The molecule has 0 aromatic heterocycles. The fraction of sp³-hybridized carbons (Fsp3) is 0.355. The summed E-state index contributed by atoms with van der Waals surface area (Å²) in [5.74, 6) is -4.17. The molecule has 1 unspecified atom stereocenters. The highest BCUT2D eigenvalue weighted by molar-refractivity contribution is 5.85. The Bertz CT molecular complexity index is 1310. The minimum absolute atomic E-state index is 0.0705. The number of alkyl halides is 1. The topological polar surface area (TPSA) is 96.9 Å². The molecular weight excluding hydrogens is 518 g/mol. The van der Waals surface area contributed by atoms with Crippen molar-refractivity contribution >= 4 is 17.7 Å². The van der Waals surface area contributed by atoms with Gasteiger partial charge in [-0.3, -0.25) is 10.1 Å². The Hall–Kier alpha value is -4.14. The fourth-order valence-electron chi connectivity index (χ4n) is 3.96. The fourth-order valence-corrected chi connectivity index (χ4v) is 3.96. The third-order valence-corrected chi connectivity index (χ3v) is 5.84. The first-order chi connectivity index (χ1) is 18.9. The summed E-state index contributed by atoms with van der Waals surface area (Å²) < 4.78 is 43.3. The summed E-state index contributed by atoms with van der Waals surface area (Å²) in [5.41, 5.74) is -0.366. The van der Waals surface area contributed by atoms with E-state index in [1.54, 1.807) is 20.8 Å². The van der Waals surface area contributed by atoms with Crippen LogP contribution in [0.4, 0.5) is 19.3 Å². The number of rotatable bonds is 11. The summed E-state index contributed by atoms with van der Waals surface area (Å²) >= 11 is 0. The largest absolute Gasteiger partial charge is 0.508 e. The van der Waals surface area contributed by atoms with Crippen molar-refractivity contribution in [1.29, 1.82) is 0 Å². The number of benzene rings is 3. The molecule has 0 fully saturated rings. The average Bonchev–Trinajstić information content (AvgIpc) is 2.88. The zero-order chi connectivity index (χ0) is 29.3. The van der Waals surface area contributed by atoms with E-state index in [4.69, 9.17) is 9.47 Å². The van der Waals surface area contributed by atoms with Crippen molar-refractivity contribution in [2.75, 3.05) is 5.32 Å². The number of ether oxygens (including phenoxy) is 2. The van der Waals surface area contributed by atoms with Crippen LogP contribution in [0.2, 0.25) is 0 Å². The van der Waals surface area contributed by atoms with Crippen LogP contribution < -0.4 is 15.4 Å². The van der Waals surface area contributed by atoms with Gasteiger partial charge in [0.25, 0.3) is 0 Å². The lowest BCUT2D eigenvalue weighted by Crippen LogP contribution is -2.44. The van der Waals surface area contributed by atoms with Crippen LogP contribution in [0, 0.1) is 5.82 Å². The zero-order valence-electron chi connectivity index (χ0n) is 23.2. The maximum absolute atomic E-state index is 16.8. The van der Waals surface area contributed by atoms with Crippen LogP contribution in [0.25, 0.3) is 0 Å². The van der Waals surface area contributed by atoms with E-state index in [-0.39, 0.29) is 41.3 Å². The molecule has 2 amide bonds. The summed E-state index contributed by atoms with van der Waals surface area (Å²) in [4.78, 5) is 24.9. The Balaban J connectivity index is 1.93. The lowest BCUT2D eigenvalue weighted by molar-refractivity contribution is -0.125. The molecule has 9 heteroatoms. The molecule has 0 aliphatic heterocycles. The van der Waals surface area contributed by atoms with Crippen molar-refractivity contribution in [3.05, 3.63) is 89.2 Å². The molecule has 3 N–H and O–H groups in total. The number of hydrogen-bond acceptors (Lipinski definition) is 5. The number of carbonyl (C=O) groups excluding carboxylic acids is 2. The highest BCUT2D eigenvalue weighted by Gasteiger charge is 2.36. The summed E-state index contributed by atoms with van der Waals surface area (Å²) in [6.07, 6.45) is -0.153. The predicted octanol–water partition coefficient (Wildman–Crippen LogP) is 7.13. The monoisotopic (exact) mass is 554 g/mol. The molecule has 3 aromatic carbocycles. The van der Waals surface area contributed by atoms with Gasteiger partial charge in [0.15, 0.2) is 0 Å². The van der Waals surface area contributed by atoms with Gasteiger partial charge < -0.3 is 19.9 Å². The zero-order valence-corrected chi connectivity index (χ0v) is 23.2. The molecule has 0 aliphatic carbocycles. The van der Waals surface area contributed by atoms with Crippen LogP contribution in [-0.4, -0.2) is 22.7 Å². The van der Waals surface area contributed by atoms with Crippen LogP contribution in [0.15, 0.2) is 66.7 Å². The van der Waals surface area contributed by atoms with E-state index in [1.807, 2.05) is 37.3 Å². The van der Waals surface area contributed by atoms with Crippen LogP contribution in [0.5, 0.6) is 11.5 Å². The highest BCUT2D eigenvalue weighted by atomic mass is 19.1. The standard InChI is InChI=1S/C31H36F2N2O5/c1-5-6-15-27(37)35-31(33,19-22-13-10-14-26(28(22)32)34-29(38)40-30(2,3)4)23-16-24(36)18-25(17-23)39-20-21-11-8-7-9-12-21/h7-14,16-18,36H,5-6,15,19-20H2,1-4H3,(H,34,38)(H,35,37). The van der Waals surface area contributed by atoms with Crippen LogP contribution in [0.1, 0.15) is 63.6 Å². The molecule has 0 bridgehead atoms. The molecule has 7 nitrogen and oxygen atoms in total. The summed E-state index contributed by atoms with van der Waals surface area (Å²) in [7, 11) is 0. The maximum Gasteiger partial charge on any atom is 0.412 e. The third-order valence-electron chi connectivity index (χ3n) is 5.84. The Morgan fingerprint density at radius 2 is 1.73 bits per heavy atom. The number of hydrogen-bond donors (Lipinski definition) is 3. The Labute approximate surface area is 233 Å². The number of anilines is 1. The van der Waals surface area contributed by atoms with Crippen molar-refractivity contribution in [2.24, 2.45) is 0 Å². The molecule has 0 heterocycles. The van der Waals surface area contributed by atoms with Gasteiger partial charge in [0, 0.05) is 24.5 Å². The van der Waals surface area contributed by atoms with Gasteiger partial charge in [0.05, 0.1) is 5.69 Å². The van der Waals surface area contributed by atoms with Gasteiger partial charge in [0.2, 0.25) is 11.7 Å². The van der Waals surface area contributed by atoms with Crippen molar-refractivity contribution in [2.45, 2.75) is 71.4 Å². The van der Waals surface area contributed by atoms with Crippen LogP contribution in [-0.2, 0) is 28.4 Å². The van der Waals surface area contributed by atoms with Gasteiger partial charge in [-0.15, -0.1) is 0 Å². The molecule has 214 valence electrons. The van der Waals surface area contributed by atoms with Crippen LogP contribution in [0.3, 0.4) is 0 Å². The number of halogens is 2. The molecule has 0 saturated heterocycles. The molecule has 0 radical (unpaired) electrons. The number of carbonyl (C=O) groups is 2.